The molecule has 1 fully saturated rings. The number of amides is 1. The van der Waals surface area contributed by atoms with Gasteiger partial charge in [0.05, 0.1) is 0 Å². The Morgan fingerprint density at radius 3 is 2.53 bits per heavy atom. The van der Waals surface area contributed by atoms with Gasteiger partial charge >= 0.3 is 0 Å². The fourth-order valence-electron chi connectivity index (χ4n) is 4.01. The molecule has 1 aliphatic rings. The van der Waals surface area contributed by atoms with Gasteiger partial charge in [-0.3, -0.25) is 9.59 Å². The maximum absolute atomic E-state index is 12.9. The largest absolute Gasteiger partial charge is 0.481 e. The molecule has 0 spiro atoms. The molecule has 1 aliphatic heterocycles. The minimum Gasteiger partial charge on any atom is -0.481 e. The van der Waals surface area contributed by atoms with Gasteiger partial charge < -0.3 is 14.5 Å². The summed E-state index contributed by atoms with van der Waals surface area (Å²) in [6, 6.07) is 19.0. The number of hydrogen-bond donors (Lipinski definition) is 0. The molecule has 8 nitrogen and oxygen atoms in total. The van der Waals surface area contributed by atoms with Crippen LogP contribution in [0.3, 0.4) is 0 Å². The highest BCUT2D eigenvalue weighted by Gasteiger charge is 2.27. The molecule has 9 heteroatoms. The van der Waals surface area contributed by atoms with E-state index >= 15 is 0 Å². The van der Waals surface area contributed by atoms with Crippen LogP contribution in [0.5, 0.6) is 5.75 Å². The Morgan fingerprint density at radius 2 is 1.79 bits per heavy atom. The molecule has 0 N–H and O–H groups in total. The number of benzene rings is 2. The van der Waals surface area contributed by atoms with Crippen molar-refractivity contribution in [3.05, 3.63) is 76.6 Å². The number of fused-ring (bicyclic) bond motifs is 1. The van der Waals surface area contributed by atoms with Crippen molar-refractivity contribution in [2.75, 3.05) is 31.1 Å². The second-order valence-corrected chi connectivity index (χ2v) is 9.27. The van der Waals surface area contributed by atoms with Gasteiger partial charge in [-0.25, -0.2) is 4.98 Å². The molecule has 2 aromatic heterocycles. The summed E-state index contributed by atoms with van der Waals surface area (Å²) in [5, 5.41) is 5.19. The molecule has 3 heterocycles. The molecule has 174 valence electrons. The lowest BCUT2D eigenvalue weighted by Gasteiger charge is -2.36. The molecule has 0 bridgehead atoms. The third kappa shape index (κ3) is 4.51. The van der Waals surface area contributed by atoms with Crippen LogP contribution in [0.25, 0.3) is 15.5 Å². The van der Waals surface area contributed by atoms with Crippen LogP contribution in [0.2, 0.25) is 0 Å². The normalized spacial score (nSPS) is 14.9. The van der Waals surface area contributed by atoms with Crippen LogP contribution in [-0.2, 0) is 4.79 Å². The number of rotatable bonds is 5. The number of nitrogens with zero attached hydrogens (tertiary/aromatic N) is 5. The first-order valence-corrected chi connectivity index (χ1v) is 12.0. The molecule has 1 unspecified atom stereocenters. The molecule has 0 radical (unpaired) electrons. The number of ether oxygens (including phenoxy) is 1. The average Bonchev–Trinajstić information content (AvgIpc) is 3.29. The Morgan fingerprint density at radius 1 is 1.03 bits per heavy atom. The zero-order valence-electron chi connectivity index (χ0n) is 19.0. The fourth-order valence-corrected chi connectivity index (χ4v) is 4.92. The first kappa shape index (κ1) is 22.1. The Bertz CT molecular complexity index is 1380. The summed E-state index contributed by atoms with van der Waals surface area (Å²) in [5.41, 5.74) is 1.83. The minimum absolute atomic E-state index is 0.0420. The molecule has 5 rings (SSSR count). The Labute approximate surface area is 201 Å². The fraction of sp³-hybridized carbons (Fsp3) is 0.280. The summed E-state index contributed by atoms with van der Waals surface area (Å²) in [7, 11) is 0. The monoisotopic (exact) mass is 475 g/mol. The maximum atomic E-state index is 12.9. The predicted molar refractivity (Wildman–Crippen MR) is 133 cm³/mol. The molecule has 0 saturated carbocycles. The van der Waals surface area contributed by atoms with E-state index in [1.807, 2.05) is 71.3 Å². The van der Waals surface area contributed by atoms with E-state index in [0.717, 1.165) is 16.1 Å². The summed E-state index contributed by atoms with van der Waals surface area (Å²) < 4.78 is 7.21. The highest BCUT2D eigenvalue weighted by molar-refractivity contribution is 7.19. The van der Waals surface area contributed by atoms with Gasteiger partial charge in [0.2, 0.25) is 4.96 Å². The highest BCUT2D eigenvalue weighted by atomic mass is 32.1. The molecule has 4 aromatic rings. The first-order chi connectivity index (χ1) is 16.5. The van der Waals surface area contributed by atoms with E-state index < -0.39 is 6.10 Å². The molecular formula is C25H25N5O3S. The zero-order valence-corrected chi connectivity index (χ0v) is 19.9. The molecule has 1 saturated heterocycles. The van der Waals surface area contributed by atoms with E-state index in [1.54, 1.807) is 6.92 Å². The zero-order chi connectivity index (χ0) is 23.7. The topological polar surface area (TPSA) is 80.0 Å². The molecule has 34 heavy (non-hydrogen) atoms. The second-order valence-electron chi connectivity index (χ2n) is 8.31. The van der Waals surface area contributed by atoms with Crippen molar-refractivity contribution < 1.29 is 9.53 Å². The Balaban J connectivity index is 1.26. The molecule has 2 aromatic carbocycles. The molecular weight excluding hydrogens is 450 g/mol. The third-order valence-electron chi connectivity index (χ3n) is 5.82. The maximum Gasteiger partial charge on any atom is 0.277 e. The number of hydrogen-bond acceptors (Lipinski definition) is 7. The van der Waals surface area contributed by atoms with Crippen molar-refractivity contribution >= 4 is 28.0 Å². The van der Waals surface area contributed by atoms with Gasteiger partial charge in [0.1, 0.15) is 16.6 Å². The van der Waals surface area contributed by atoms with Crippen molar-refractivity contribution in [3.63, 3.8) is 0 Å². The van der Waals surface area contributed by atoms with Crippen molar-refractivity contribution in [2.45, 2.75) is 20.0 Å². The summed E-state index contributed by atoms with van der Waals surface area (Å²) in [5.74, 6) is 1.26. The van der Waals surface area contributed by atoms with Crippen LogP contribution < -0.4 is 15.2 Å². The van der Waals surface area contributed by atoms with Crippen molar-refractivity contribution in [2.24, 2.45) is 0 Å². The van der Waals surface area contributed by atoms with Crippen LogP contribution in [0.1, 0.15) is 12.5 Å². The van der Waals surface area contributed by atoms with E-state index in [0.29, 0.717) is 42.7 Å². The number of carbonyl (C=O) groups excluding carboxylic acids is 1. The van der Waals surface area contributed by atoms with E-state index in [2.05, 4.69) is 5.10 Å². The SMILES string of the molecule is Cc1cccc(OC(C)C(=O)N2CCN(c3cc(=O)n4nc(-c5ccccc5)sc4n3)CC2)c1. The lowest BCUT2D eigenvalue weighted by Crippen LogP contribution is -2.52. The number of aromatic nitrogens is 3. The summed E-state index contributed by atoms with van der Waals surface area (Å²) >= 11 is 1.39. The number of anilines is 1. The standard InChI is InChI=1S/C25H25N5O3S/c1-17-7-6-10-20(15-17)33-18(2)24(32)29-13-11-28(12-14-29)21-16-22(31)30-25(26-21)34-23(27-30)19-8-4-3-5-9-19/h3-10,15-16,18H,11-14H2,1-2H3. The summed E-state index contributed by atoms with van der Waals surface area (Å²) in [6.45, 7) is 6.04. The lowest BCUT2D eigenvalue weighted by atomic mass is 10.2. The Hall–Kier alpha value is -3.72. The lowest BCUT2D eigenvalue weighted by molar-refractivity contribution is -0.138. The first-order valence-electron chi connectivity index (χ1n) is 11.2. The summed E-state index contributed by atoms with van der Waals surface area (Å²) in [4.78, 5) is 34.7. The molecule has 1 atom stereocenters. The van der Waals surface area contributed by atoms with Crippen LogP contribution in [0.15, 0.2) is 65.5 Å². The van der Waals surface area contributed by atoms with Crippen molar-refractivity contribution in [1.82, 2.24) is 19.5 Å². The Kier molecular flexibility index (Phi) is 6.02. The minimum atomic E-state index is -0.568. The van der Waals surface area contributed by atoms with Gasteiger partial charge in [-0.15, -0.1) is 0 Å². The average molecular weight is 476 g/mol. The smallest absolute Gasteiger partial charge is 0.277 e. The third-order valence-corrected chi connectivity index (χ3v) is 6.78. The summed E-state index contributed by atoms with van der Waals surface area (Å²) in [6.07, 6.45) is -0.568. The van der Waals surface area contributed by atoms with Gasteiger partial charge in [-0.1, -0.05) is 53.8 Å². The van der Waals surface area contributed by atoms with Crippen molar-refractivity contribution in [1.29, 1.82) is 0 Å². The second kappa shape index (κ2) is 9.26. The van der Waals surface area contributed by atoms with Gasteiger partial charge in [0.25, 0.3) is 11.5 Å². The predicted octanol–water partition coefficient (Wildman–Crippen LogP) is 3.24. The van der Waals surface area contributed by atoms with E-state index in [9.17, 15) is 9.59 Å². The molecule has 1 amide bonds. The highest BCUT2D eigenvalue weighted by Crippen LogP contribution is 2.25. The quantitative estimate of drug-likeness (QED) is 0.441. The van der Waals surface area contributed by atoms with Crippen molar-refractivity contribution in [3.8, 4) is 16.3 Å². The van der Waals surface area contributed by atoms with Gasteiger partial charge in [-0.05, 0) is 31.5 Å². The number of carbonyl (C=O) groups is 1. The van der Waals surface area contributed by atoms with E-state index in [1.165, 1.54) is 21.9 Å². The van der Waals surface area contributed by atoms with E-state index in [-0.39, 0.29) is 11.5 Å². The van der Waals surface area contributed by atoms with Gasteiger partial charge in [0.15, 0.2) is 6.10 Å². The number of piperazine rings is 1. The van der Waals surface area contributed by atoms with E-state index in [4.69, 9.17) is 9.72 Å². The van der Waals surface area contributed by atoms with Crippen LogP contribution in [-0.4, -0.2) is 57.7 Å². The van der Waals surface area contributed by atoms with Crippen LogP contribution in [0, 0.1) is 6.92 Å². The number of aryl methyl sites for hydroxylation is 1. The van der Waals surface area contributed by atoms with Gasteiger partial charge in [-0.2, -0.15) is 9.61 Å². The van der Waals surface area contributed by atoms with Gasteiger partial charge in [0, 0.05) is 37.8 Å². The molecule has 0 aliphatic carbocycles. The van der Waals surface area contributed by atoms with Crippen LogP contribution >= 0.6 is 11.3 Å². The van der Waals surface area contributed by atoms with Crippen LogP contribution in [0.4, 0.5) is 5.82 Å².